The molecule has 12 heteroatoms. The van der Waals surface area contributed by atoms with Gasteiger partial charge in [-0.25, -0.2) is 27.9 Å². The van der Waals surface area contributed by atoms with Gasteiger partial charge in [-0.2, -0.15) is 0 Å². The molecule has 1 saturated heterocycles. The van der Waals surface area contributed by atoms with E-state index in [2.05, 4.69) is 32.1 Å². The van der Waals surface area contributed by atoms with Gasteiger partial charge in [-0.15, -0.1) is 0 Å². The number of fused-ring (bicyclic) bond motifs is 1. The summed E-state index contributed by atoms with van der Waals surface area (Å²) in [7, 11) is 0. The van der Waals surface area contributed by atoms with Gasteiger partial charge in [0, 0.05) is 54.6 Å². The van der Waals surface area contributed by atoms with Crippen molar-refractivity contribution in [1.29, 1.82) is 0 Å². The van der Waals surface area contributed by atoms with Gasteiger partial charge in [0.25, 0.3) is 5.91 Å². The Bertz CT molecular complexity index is 1670. The smallest absolute Gasteiger partial charge is 0.407 e. The maximum absolute atomic E-state index is 15.0. The van der Waals surface area contributed by atoms with Gasteiger partial charge in [0.1, 0.15) is 5.69 Å². The van der Waals surface area contributed by atoms with E-state index in [4.69, 9.17) is 0 Å². The predicted molar refractivity (Wildman–Crippen MR) is 137 cm³/mol. The monoisotopic (exact) mass is 534 g/mol. The summed E-state index contributed by atoms with van der Waals surface area (Å²) in [5.74, 6) is 0.517. The van der Waals surface area contributed by atoms with Crippen molar-refractivity contribution in [1.82, 2.24) is 19.9 Å². The minimum Gasteiger partial charge on any atom is -0.465 e. The van der Waals surface area contributed by atoms with Crippen LogP contribution in [-0.4, -0.2) is 63.1 Å². The van der Waals surface area contributed by atoms with E-state index in [1.807, 2.05) is 0 Å². The molecule has 4 aromatic rings. The number of nitrogens with one attached hydrogen (secondary N) is 2. The summed E-state index contributed by atoms with van der Waals surface area (Å²) >= 11 is 0. The number of carbonyl (C=O) groups excluding carboxylic acids is 1. The van der Waals surface area contributed by atoms with Gasteiger partial charge in [-0.3, -0.25) is 4.79 Å². The lowest BCUT2D eigenvalue weighted by atomic mass is 10.1. The fourth-order valence-corrected chi connectivity index (χ4v) is 4.36. The van der Waals surface area contributed by atoms with Gasteiger partial charge in [0.05, 0.1) is 17.5 Å². The van der Waals surface area contributed by atoms with Gasteiger partial charge in [0.15, 0.2) is 23.1 Å². The normalized spacial score (nSPS) is 13.2. The van der Waals surface area contributed by atoms with E-state index < -0.39 is 35.1 Å². The molecule has 2 amide bonds. The highest BCUT2D eigenvalue weighted by atomic mass is 19.2. The average molecular weight is 534 g/mol. The Kier molecular flexibility index (Phi) is 6.81. The van der Waals surface area contributed by atoms with Crippen LogP contribution in [0.5, 0.6) is 0 Å². The zero-order chi connectivity index (χ0) is 27.7. The molecule has 0 saturated carbocycles. The summed E-state index contributed by atoms with van der Waals surface area (Å²) in [5, 5.41) is 11.6. The third kappa shape index (κ3) is 5.06. The van der Waals surface area contributed by atoms with Gasteiger partial charge in [-0.1, -0.05) is 17.9 Å². The lowest BCUT2D eigenvalue weighted by Gasteiger charge is -2.36. The summed E-state index contributed by atoms with van der Waals surface area (Å²) in [6.45, 7) is 1.63. The molecular formula is C27H21F3N6O3. The highest BCUT2D eigenvalue weighted by molar-refractivity contribution is 6.06. The predicted octanol–water partition coefficient (Wildman–Crippen LogP) is 4.14. The molecule has 1 aliphatic heterocycles. The quantitative estimate of drug-likeness (QED) is 0.269. The molecule has 2 aromatic carbocycles. The van der Waals surface area contributed by atoms with E-state index in [1.54, 1.807) is 24.4 Å². The second kappa shape index (κ2) is 10.4. The highest BCUT2D eigenvalue weighted by Crippen LogP contribution is 2.37. The summed E-state index contributed by atoms with van der Waals surface area (Å²) in [6, 6.07) is 8.02. The maximum Gasteiger partial charge on any atom is 0.407 e. The van der Waals surface area contributed by atoms with Crippen LogP contribution < -0.4 is 10.2 Å². The van der Waals surface area contributed by atoms with Crippen LogP contribution in [0.1, 0.15) is 27.0 Å². The lowest BCUT2D eigenvalue weighted by molar-refractivity contribution is 0.102. The van der Waals surface area contributed by atoms with Crippen molar-refractivity contribution in [3.05, 3.63) is 82.6 Å². The van der Waals surface area contributed by atoms with Gasteiger partial charge in [0.2, 0.25) is 0 Å². The number of hydrogen-bond acceptors (Lipinski definition) is 5. The third-order valence-electron chi connectivity index (χ3n) is 6.38. The molecule has 0 radical (unpaired) electrons. The first-order chi connectivity index (χ1) is 18.7. The number of anilines is 2. The Hall–Kier alpha value is -5.05. The molecule has 1 fully saturated rings. The number of H-pyrrole nitrogens is 1. The van der Waals surface area contributed by atoms with E-state index in [1.165, 1.54) is 30.3 Å². The van der Waals surface area contributed by atoms with Crippen molar-refractivity contribution < 1.29 is 27.9 Å². The summed E-state index contributed by atoms with van der Waals surface area (Å²) in [6.07, 6.45) is 1.98. The van der Waals surface area contributed by atoms with E-state index in [9.17, 15) is 23.5 Å². The number of hydrogen-bond donors (Lipinski definition) is 3. The molecule has 3 N–H and O–H groups in total. The highest BCUT2D eigenvalue weighted by Gasteiger charge is 2.30. The number of nitrogens with zero attached hydrogens (tertiary/aromatic N) is 4. The number of amides is 2. The van der Waals surface area contributed by atoms with E-state index >= 15 is 4.39 Å². The van der Waals surface area contributed by atoms with Crippen LogP contribution >= 0.6 is 0 Å². The Morgan fingerprint density at radius 2 is 1.74 bits per heavy atom. The summed E-state index contributed by atoms with van der Waals surface area (Å²) in [4.78, 5) is 38.3. The van der Waals surface area contributed by atoms with E-state index in [0.717, 1.165) is 10.4 Å². The van der Waals surface area contributed by atoms with E-state index in [-0.39, 0.29) is 43.0 Å². The lowest BCUT2D eigenvalue weighted by Crippen LogP contribution is -2.48. The Labute approximate surface area is 220 Å². The van der Waals surface area contributed by atoms with Crippen molar-refractivity contribution in [2.45, 2.75) is 6.92 Å². The number of carbonyl (C=O) groups is 2. The van der Waals surface area contributed by atoms with Crippen molar-refractivity contribution in [3.8, 4) is 11.8 Å². The second-order valence-corrected chi connectivity index (χ2v) is 8.83. The number of benzene rings is 2. The second-order valence-electron chi connectivity index (χ2n) is 8.83. The summed E-state index contributed by atoms with van der Waals surface area (Å²) < 4.78 is 43.9. The van der Waals surface area contributed by atoms with Crippen LogP contribution in [0.2, 0.25) is 0 Å². The zero-order valence-electron chi connectivity index (χ0n) is 20.6. The van der Waals surface area contributed by atoms with Gasteiger partial charge < -0.3 is 25.2 Å². The van der Waals surface area contributed by atoms with Crippen molar-refractivity contribution >= 4 is 34.5 Å². The number of halogens is 3. The third-order valence-corrected chi connectivity index (χ3v) is 6.38. The molecule has 198 valence electrons. The minimum atomic E-state index is -1.71. The Morgan fingerprint density at radius 1 is 1.00 bits per heavy atom. The van der Waals surface area contributed by atoms with Crippen LogP contribution in [0.25, 0.3) is 11.2 Å². The largest absolute Gasteiger partial charge is 0.465 e. The molecule has 5 rings (SSSR count). The first-order valence-corrected chi connectivity index (χ1v) is 11.9. The number of imidazole rings is 1. The number of rotatable bonds is 3. The fraction of sp³-hybridized carbons (Fsp3) is 0.185. The van der Waals surface area contributed by atoms with Crippen molar-refractivity contribution in [3.63, 3.8) is 0 Å². The van der Waals surface area contributed by atoms with Gasteiger partial charge >= 0.3 is 6.09 Å². The number of pyridine rings is 1. The van der Waals surface area contributed by atoms with Crippen LogP contribution in [0.4, 0.5) is 29.3 Å². The minimum absolute atomic E-state index is 0.0394. The van der Waals surface area contributed by atoms with Crippen LogP contribution in [-0.2, 0) is 0 Å². The molecule has 0 unspecified atom stereocenters. The fourth-order valence-electron chi connectivity index (χ4n) is 4.36. The molecule has 0 spiro atoms. The SMILES string of the molecule is Cc1c(F)c(F)c(F)c(NC(=O)c2cccc(C#Cc3cnc4nc[nH]c4c3)c2)c1N1CCN(C(=O)O)CC1. The molecule has 0 atom stereocenters. The van der Waals surface area contributed by atoms with Crippen LogP contribution in [0.15, 0.2) is 42.9 Å². The zero-order valence-corrected chi connectivity index (χ0v) is 20.6. The van der Waals surface area contributed by atoms with Crippen molar-refractivity contribution in [2.24, 2.45) is 0 Å². The molecule has 0 bridgehead atoms. The number of piperazine rings is 1. The first kappa shape index (κ1) is 25.6. The molecule has 1 aliphatic rings. The van der Waals surface area contributed by atoms with Gasteiger partial charge in [-0.05, 0) is 31.2 Å². The van der Waals surface area contributed by atoms with E-state index in [0.29, 0.717) is 16.8 Å². The number of aromatic amines is 1. The molecule has 2 aromatic heterocycles. The molecule has 0 aliphatic carbocycles. The molecule has 9 nitrogen and oxygen atoms in total. The Morgan fingerprint density at radius 3 is 2.49 bits per heavy atom. The molecule has 39 heavy (non-hydrogen) atoms. The summed E-state index contributed by atoms with van der Waals surface area (Å²) in [5.41, 5.74) is 1.75. The standard InChI is InChI=1S/C27H21F3N6O3/c1-15-20(28)21(29)22(30)23(24(15)35-7-9-36(10-8-35)27(38)39)34-26(37)18-4-2-3-16(11-18)5-6-17-12-19-25(31-13-17)33-14-32-19/h2-4,11-14H,7-10H2,1H3,(H,34,37)(H,38,39)(H,31,32,33). The van der Waals surface area contributed by atoms with Crippen LogP contribution in [0, 0.1) is 36.2 Å². The number of carboxylic acid groups (broad SMARTS) is 1. The van der Waals surface area contributed by atoms with Crippen molar-refractivity contribution in [2.75, 3.05) is 36.4 Å². The molecular weight excluding hydrogens is 513 g/mol. The molecule has 3 heterocycles. The maximum atomic E-state index is 15.0. The van der Waals surface area contributed by atoms with Crippen LogP contribution in [0.3, 0.4) is 0 Å². The first-order valence-electron chi connectivity index (χ1n) is 11.9. The topological polar surface area (TPSA) is 114 Å². The number of aromatic nitrogens is 3. The average Bonchev–Trinajstić information content (AvgIpc) is 3.42. The Balaban J connectivity index is 1.42.